The summed E-state index contributed by atoms with van der Waals surface area (Å²) < 4.78 is 5.96. The summed E-state index contributed by atoms with van der Waals surface area (Å²) in [5.41, 5.74) is 8.56. The van der Waals surface area contributed by atoms with Crippen molar-refractivity contribution >= 4 is 0 Å². The Morgan fingerprint density at radius 3 is 2.28 bits per heavy atom. The predicted molar refractivity (Wildman–Crippen MR) is 75.6 cm³/mol. The quantitative estimate of drug-likeness (QED) is 0.882. The number of benzene rings is 1. The Morgan fingerprint density at radius 2 is 1.72 bits per heavy atom. The molecule has 18 heavy (non-hydrogen) atoms. The first-order valence-corrected chi connectivity index (χ1v) is 7.11. The molecule has 0 aromatic heterocycles. The van der Waals surface area contributed by atoms with Gasteiger partial charge in [0, 0.05) is 6.04 Å². The second-order valence-corrected chi connectivity index (χ2v) is 5.74. The molecule has 1 aromatic rings. The SMILES string of the molecule is CC(C)c1ccc(COC2CCC(N)CC2)cc1. The lowest BCUT2D eigenvalue weighted by Crippen LogP contribution is -2.30. The number of nitrogens with two attached hydrogens (primary N) is 1. The van der Waals surface area contributed by atoms with Crippen molar-refractivity contribution in [1.29, 1.82) is 0 Å². The molecule has 1 aliphatic carbocycles. The average Bonchev–Trinajstić information content (AvgIpc) is 2.38. The molecule has 0 unspecified atom stereocenters. The van der Waals surface area contributed by atoms with Gasteiger partial charge in [-0.05, 0) is 42.7 Å². The Morgan fingerprint density at radius 1 is 1.11 bits per heavy atom. The van der Waals surface area contributed by atoms with Crippen LogP contribution < -0.4 is 5.73 Å². The van der Waals surface area contributed by atoms with Crippen LogP contribution in [0.4, 0.5) is 0 Å². The molecule has 2 nitrogen and oxygen atoms in total. The highest BCUT2D eigenvalue weighted by Crippen LogP contribution is 2.21. The summed E-state index contributed by atoms with van der Waals surface area (Å²) in [5, 5.41) is 0. The molecule has 0 radical (unpaired) electrons. The van der Waals surface area contributed by atoms with Gasteiger partial charge in [0.15, 0.2) is 0 Å². The molecule has 100 valence electrons. The summed E-state index contributed by atoms with van der Waals surface area (Å²) in [6.07, 6.45) is 4.86. The number of ether oxygens (including phenoxy) is 1. The van der Waals surface area contributed by atoms with E-state index in [1.54, 1.807) is 0 Å². The van der Waals surface area contributed by atoms with E-state index in [4.69, 9.17) is 10.5 Å². The van der Waals surface area contributed by atoms with Crippen LogP contribution in [-0.4, -0.2) is 12.1 Å². The zero-order chi connectivity index (χ0) is 13.0. The van der Waals surface area contributed by atoms with Crippen molar-refractivity contribution in [3.05, 3.63) is 35.4 Å². The lowest BCUT2D eigenvalue weighted by Gasteiger charge is -2.26. The Hall–Kier alpha value is -0.860. The lowest BCUT2D eigenvalue weighted by molar-refractivity contribution is 0.0138. The van der Waals surface area contributed by atoms with Gasteiger partial charge in [0.1, 0.15) is 0 Å². The second kappa shape index (κ2) is 6.35. The van der Waals surface area contributed by atoms with Crippen LogP contribution in [0.1, 0.15) is 56.6 Å². The van der Waals surface area contributed by atoms with Gasteiger partial charge in [-0.15, -0.1) is 0 Å². The number of rotatable bonds is 4. The Kier molecular flexibility index (Phi) is 4.79. The molecule has 0 atom stereocenters. The fourth-order valence-corrected chi connectivity index (χ4v) is 2.47. The molecule has 1 fully saturated rings. The first-order valence-electron chi connectivity index (χ1n) is 7.11. The minimum Gasteiger partial charge on any atom is -0.374 e. The summed E-state index contributed by atoms with van der Waals surface area (Å²) in [5.74, 6) is 0.597. The van der Waals surface area contributed by atoms with Crippen LogP contribution in [0.5, 0.6) is 0 Å². The van der Waals surface area contributed by atoms with Crippen LogP contribution in [0, 0.1) is 0 Å². The third kappa shape index (κ3) is 3.82. The second-order valence-electron chi connectivity index (χ2n) is 5.74. The van der Waals surface area contributed by atoms with Crippen molar-refractivity contribution in [3.8, 4) is 0 Å². The molecule has 0 heterocycles. The molecule has 2 heteroatoms. The van der Waals surface area contributed by atoms with Gasteiger partial charge in [0.2, 0.25) is 0 Å². The number of hydrogen-bond acceptors (Lipinski definition) is 2. The van der Waals surface area contributed by atoms with Crippen molar-refractivity contribution in [2.24, 2.45) is 5.73 Å². The van der Waals surface area contributed by atoms with Gasteiger partial charge < -0.3 is 10.5 Å². The van der Waals surface area contributed by atoms with E-state index in [0.29, 0.717) is 18.1 Å². The van der Waals surface area contributed by atoms with E-state index in [-0.39, 0.29) is 0 Å². The van der Waals surface area contributed by atoms with Gasteiger partial charge in [0.05, 0.1) is 12.7 Å². The molecule has 1 aliphatic rings. The van der Waals surface area contributed by atoms with Gasteiger partial charge in [-0.25, -0.2) is 0 Å². The molecule has 0 aliphatic heterocycles. The molecule has 0 saturated heterocycles. The maximum absolute atomic E-state index is 5.96. The molecule has 0 amide bonds. The van der Waals surface area contributed by atoms with Crippen molar-refractivity contribution < 1.29 is 4.74 Å². The molecular weight excluding hydrogens is 222 g/mol. The van der Waals surface area contributed by atoms with E-state index in [1.807, 2.05) is 0 Å². The highest BCUT2D eigenvalue weighted by Gasteiger charge is 2.18. The van der Waals surface area contributed by atoms with Crippen LogP contribution in [0.2, 0.25) is 0 Å². The third-order valence-electron chi connectivity index (χ3n) is 3.85. The molecule has 0 spiro atoms. The number of hydrogen-bond donors (Lipinski definition) is 1. The zero-order valence-corrected chi connectivity index (χ0v) is 11.6. The van der Waals surface area contributed by atoms with Crippen molar-refractivity contribution in [2.75, 3.05) is 0 Å². The van der Waals surface area contributed by atoms with Gasteiger partial charge in [-0.2, -0.15) is 0 Å². The highest BCUT2D eigenvalue weighted by molar-refractivity contribution is 5.24. The Labute approximate surface area is 111 Å². The normalized spacial score (nSPS) is 24.4. The van der Waals surface area contributed by atoms with Crippen LogP contribution >= 0.6 is 0 Å². The van der Waals surface area contributed by atoms with Crippen LogP contribution in [0.15, 0.2) is 24.3 Å². The van der Waals surface area contributed by atoms with E-state index in [0.717, 1.165) is 32.3 Å². The van der Waals surface area contributed by atoms with Crippen molar-refractivity contribution in [1.82, 2.24) is 0 Å². The maximum atomic E-state index is 5.96. The molecule has 1 saturated carbocycles. The van der Waals surface area contributed by atoms with Gasteiger partial charge in [0.25, 0.3) is 0 Å². The van der Waals surface area contributed by atoms with Crippen LogP contribution in [0.3, 0.4) is 0 Å². The average molecular weight is 247 g/mol. The van der Waals surface area contributed by atoms with E-state index < -0.39 is 0 Å². The molecule has 1 aromatic carbocycles. The van der Waals surface area contributed by atoms with E-state index in [2.05, 4.69) is 38.1 Å². The first-order chi connectivity index (χ1) is 8.65. The van der Waals surface area contributed by atoms with Crippen LogP contribution in [0.25, 0.3) is 0 Å². The smallest absolute Gasteiger partial charge is 0.0720 e. The summed E-state index contributed by atoms with van der Waals surface area (Å²) in [6, 6.07) is 9.18. The summed E-state index contributed by atoms with van der Waals surface area (Å²) in [6.45, 7) is 5.17. The topological polar surface area (TPSA) is 35.2 Å². The predicted octanol–water partition coefficient (Wildman–Crippen LogP) is 3.60. The largest absolute Gasteiger partial charge is 0.374 e. The van der Waals surface area contributed by atoms with Crippen molar-refractivity contribution in [3.63, 3.8) is 0 Å². The summed E-state index contributed by atoms with van der Waals surface area (Å²) in [7, 11) is 0. The standard InChI is InChI=1S/C16H25NO/c1-12(2)14-5-3-13(4-6-14)11-18-16-9-7-15(17)8-10-16/h3-6,12,15-16H,7-11,17H2,1-2H3. The fourth-order valence-electron chi connectivity index (χ4n) is 2.47. The summed E-state index contributed by atoms with van der Waals surface area (Å²) >= 11 is 0. The minimum atomic E-state index is 0.398. The van der Waals surface area contributed by atoms with Gasteiger partial charge in [-0.1, -0.05) is 38.1 Å². The monoisotopic (exact) mass is 247 g/mol. The minimum absolute atomic E-state index is 0.398. The molecule has 2 N–H and O–H groups in total. The Balaban J connectivity index is 1.79. The molecule has 2 rings (SSSR count). The van der Waals surface area contributed by atoms with Crippen LogP contribution in [-0.2, 0) is 11.3 Å². The lowest BCUT2D eigenvalue weighted by atomic mass is 9.94. The maximum Gasteiger partial charge on any atom is 0.0720 e. The summed E-state index contributed by atoms with van der Waals surface area (Å²) in [4.78, 5) is 0. The van der Waals surface area contributed by atoms with E-state index >= 15 is 0 Å². The van der Waals surface area contributed by atoms with E-state index in [9.17, 15) is 0 Å². The third-order valence-corrected chi connectivity index (χ3v) is 3.85. The molecular formula is C16H25NO. The van der Waals surface area contributed by atoms with Gasteiger partial charge in [-0.3, -0.25) is 0 Å². The Bertz CT molecular complexity index is 350. The fraction of sp³-hybridized carbons (Fsp3) is 0.625. The van der Waals surface area contributed by atoms with Crippen molar-refractivity contribution in [2.45, 2.75) is 64.2 Å². The molecule has 0 bridgehead atoms. The highest BCUT2D eigenvalue weighted by atomic mass is 16.5. The zero-order valence-electron chi connectivity index (χ0n) is 11.6. The van der Waals surface area contributed by atoms with E-state index in [1.165, 1.54) is 11.1 Å². The first kappa shape index (κ1) is 13.6. The van der Waals surface area contributed by atoms with Gasteiger partial charge >= 0.3 is 0 Å².